The van der Waals surface area contributed by atoms with Crippen LogP contribution >= 0.6 is 0 Å². The van der Waals surface area contributed by atoms with Crippen molar-refractivity contribution in [2.24, 2.45) is 0 Å². The monoisotopic (exact) mass is 509 g/mol. The Hall–Kier alpha value is -4.33. The van der Waals surface area contributed by atoms with Crippen LogP contribution in [0.15, 0.2) is 77.7 Å². The predicted molar refractivity (Wildman–Crippen MR) is 141 cm³/mol. The summed E-state index contributed by atoms with van der Waals surface area (Å²) in [7, 11) is -3.80. The molecule has 5 aromatic rings. The number of sulfonamides is 1. The Balaban J connectivity index is 1.41. The van der Waals surface area contributed by atoms with Crippen LogP contribution < -0.4 is 4.90 Å². The summed E-state index contributed by atoms with van der Waals surface area (Å²) in [5, 5.41) is 19.4. The fraction of sp³-hybridized carbons (Fsp3) is 0.185. The summed E-state index contributed by atoms with van der Waals surface area (Å²) < 4.78 is 30.1. The molecule has 3 aromatic carbocycles. The highest BCUT2D eigenvalue weighted by Crippen LogP contribution is 2.31. The maximum Gasteiger partial charge on any atom is 0.244 e. The van der Waals surface area contributed by atoms with E-state index < -0.39 is 10.0 Å². The van der Waals surface area contributed by atoms with Crippen molar-refractivity contribution in [3.8, 4) is 17.5 Å². The Bertz CT molecular complexity index is 1800. The molecule has 0 spiro atoms. The molecule has 1 aliphatic heterocycles. The first-order valence-corrected chi connectivity index (χ1v) is 13.4. The molecule has 10 heteroatoms. The van der Waals surface area contributed by atoms with Crippen molar-refractivity contribution in [3.05, 3.63) is 83.9 Å². The summed E-state index contributed by atoms with van der Waals surface area (Å²) in [5.74, 6) is 1.37. The number of nitrogens with zero attached hydrogens (tertiary/aromatic N) is 7. The lowest BCUT2D eigenvalue weighted by Gasteiger charge is -2.35. The van der Waals surface area contributed by atoms with Crippen molar-refractivity contribution in [2.75, 3.05) is 31.1 Å². The Kier molecular flexibility index (Phi) is 5.59. The van der Waals surface area contributed by atoms with Crippen LogP contribution in [0.5, 0.6) is 0 Å². The number of para-hydroxylation sites is 1. The first-order valence-electron chi connectivity index (χ1n) is 11.9. The normalized spacial score (nSPS) is 14.8. The molecule has 2 aromatic heterocycles. The van der Waals surface area contributed by atoms with E-state index in [2.05, 4.69) is 15.1 Å². The molecule has 184 valence electrons. The standard InChI is InChI=1S/C27H23N7O2S/c1-19-8-2-4-10-21(19)25-30-31-26-22-11-5-6-12-23(22)29-27(34(25)26)32-14-16-33(17-15-32)37(35,36)24-13-7-3-9-20(24)18-28/h2-13H,14-17H2,1H3. The molecule has 1 aliphatic rings. The van der Waals surface area contributed by atoms with Crippen molar-refractivity contribution in [1.82, 2.24) is 23.9 Å². The molecule has 0 radical (unpaired) electrons. The molecule has 0 amide bonds. The smallest absolute Gasteiger partial charge is 0.244 e. The molecule has 1 fully saturated rings. The molecule has 37 heavy (non-hydrogen) atoms. The van der Waals surface area contributed by atoms with E-state index in [0.29, 0.717) is 30.5 Å². The zero-order chi connectivity index (χ0) is 25.6. The highest BCUT2D eigenvalue weighted by atomic mass is 32.2. The molecular formula is C27H23N7O2S. The molecule has 1 saturated heterocycles. The van der Waals surface area contributed by atoms with Crippen molar-refractivity contribution in [3.63, 3.8) is 0 Å². The fourth-order valence-electron chi connectivity index (χ4n) is 4.83. The minimum Gasteiger partial charge on any atom is -0.339 e. The van der Waals surface area contributed by atoms with Gasteiger partial charge in [0.05, 0.1) is 16.0 Å². The average Bonchev–Trinajstić information content (AvgIpc) is 3.38. The third-order valence-electron chi connectivity index (χ3n) is 6.76. The summed E-state index contributed by atoms with van der Waals surface area (Å²) in [6.07, 6.45) is 0. The van der Waals surface area contributed by atoms with E-state index in [1.165, 1.54) is 16.4 Å². The van der Waals surface area contributed by atoms with Gasteiger partial charge in [-0.3, -0.25) is 0 Å². The molecule has 0 aliphatic carbocycles. The lowest BCUT2D eigenvalue weighted by molar-refractivity contribution is 0.382. The average molecular weight is 510 g/mol. The van der Waals surface area contributed by atoms with Crippen molar-refractivity contribution < 1.29 is 8.42 Å². The lowest BCUT2D eigenvalue weighted by Crippen LogP contribution is -2.49. The second kappa shape index (κ2) is 8.96. The highest BCUT2D eigenvalue weighted by Gasteiger charge is 2.32. The number of rotatable bonds is 4. The lowest BCUT2D eigenvalue weighted by atomic mass is 10.1. The summed E-state index contributed by atoms with van der Waals surface area (Å²) >= 11 is 0. The quantitative estimate of drug-likeness (QED) is 0.364. The van der Waals surface area contributed by atoms with Crippen LogP contribution in [-0.4, -0.2) is 58.5 Å². The number of aryl methyl sites for hydroxylation is 1. The number of anilines is 1. The van der Waals surface area contributed by atoms with E-state index in [-0.39, 0.29) is 23.5 Å². The largest absolute Gasteiger partial charge is 0.339 e. The van der Waals surface area contributed by atoms with Gasteiger partial charge in [0.1, 0.15) is 6.07 Å². The summed E-state index contributed by atoms with van der Waals surface area (Å²) in [4.78, 5) is 7.10. The molecular weight excluding hydrogens is 486 g/mol. The molecule has 0 saturated carbocycles. The number of nitriles is 1. The number of hydrogen-bond donors (Lipinski definition) is 0. The van der Waals surface area contributed by atoms with E-state index in [0.717, 1.165) is 22.0 Å². The third-order valence-corrected chi connectivity index (χ3v) is 8.72. The van der Waals surface area contributed by atoms with Crippen molar-refractivity contribution >= 4 is 32.5 Å². The zero-order valence-corrected chi connectivity index (χ0v) is 20.9. The number of piperazine rings is 1. The maximum atomic E-state index is 13.3. The Morgan fingerprint density at radius 3 is 2.35 bits per heavy atom. The maximum absolute atomic E-state index is 13.3. The minimum absolute atomic E-state index is 0.0396. The number of aromatic nitrogens is 4. The van der Waals surface area contributed by atoms with Gasteiger partial charge in [-0.2, -0.15) is 9.57 Å². The van der Waals surface area contributed by atoms with Crippen LogP contribution in [0, 0.1) is 18.3 Å². The number of hydrogen-bond acceptors (Lipinski definition) is 7. The van der Waals surface area contributed by atoms with Gasteiger partial charge in [-0.25, -0.2) is 17.8 Å². The first-order chi connectivity index (χ1) is 18.0. The second-order valence-corrected chi connectivity index (χ2v) is 10.8. The second-order valence-electron chi connectivity index (χ2n) is 8.93. The van der Waals surface area contributed by atoms with Gasteiger partial charge in [0.15, 0.2) is 11.5 Å². The first kappa shape index (κ1) is 23.1. The van der Waals surface area contributed by atoms with Crippen molar-refractivity contribution in [2.45, 2.75) is 11.8 Å². The van der Waals surface area contributed by atoms with Crippen LogP contribution in [0.2, 0.25) is 0 Å². The summed E-state index contributed by atoms with van der Waals surface area (Å²) in [6.45, 7) is 3.42. The van der Waals surface area contributed by atoms with Gasteiger partial charge >= 0.3 is 0 Å². The van der Waals surface area contributed by atoms with E-state index in [4.69, 9.17) is 4.98 Å². The summed E-state index contributed by atoms with van der Waals surface area (Å²) in [6, 6.07) is 24.1. The van der Waals surface area contributed by atoms with Crippen LogP contribution in [0.3, 0.4) is 0 Å². The Labute approximate surface area is 214 Å². The van der Waals surface area contributed by atoms with Gasteiger partial charge in [0.25, 0.3) is 0 Å². The number of fused-ring (bicyclic) bond motifs is 3. The molecule has 6 rings (SSSR count). The molecule has 0 N–H and O–H groups in total. The van der Waals surface area contributed by atoms with Crippen LogP contribution in [0.25, 0.3) is 27.9 Å². The van der Waals surface area contributed by atoms with Gasteiger partial charge in [-0.15, -0.1) is 10.2 Å². The molecule has 9 nitrogen and oxygen atoms in total. The van der Waals surface area contributed by atoms with Gasteiger partial charge in [0.2, 0.25) is 16.0 Å². The van der Waals surface area contributed by atoms with Crippen LogP contribution in [0.1, 0.15) is 11.1 Å². The topological polar surface area (TPSA) is 107 Å². The summed E-state index contributed by atoms with van der Waals surface area (Å²) in [5.41, 5.74) is 3.68. The molecule has 0 atom stereocenters. The SMILES string of the molecule is Cc1ccccc1-c1nnc2c3ccccc3nc(N3CCN(S(=O)(=O)c4ccccc4C#N)CC3)n12. The van der Waals surface area contributed by atoms with E-state index in [1.807, 2.05) is 65.9 Å². The highest BCUT2D eigenvalue weighted by molar-refractivity contribution is 7.89. The zero-order valence-electron chi connectivity index (χ0n) is 20.1. The van der Waals surface area contributed by atoms with Crippen molar-refractivity contribution in [1.29, 1.82) is 5.26 Å². The third kappa shape index (κ3) is 3.80. The molecule has 0 bridgehead atoms. The fourth-order valence-corrected chi connectivity index (χ4v) is 6.39. The van der Waals surface area contributed by atoms with Gasteiger partial charge in [0, 0.05) is 37.1 Å². The van der Waals surface area contributed by atoms with E-state index in [1.54, 1.807) is 12.1 Å². The van der Waals surface area contributed by atoms with E-state index >= 15 is 0 Å². The van der Waals surface area contributed by atoms with E-state index in [9.17, 15) is 13.7 Å². The minimum atomic E-state index is -3.80. The molecule has 3 heterocycles. The predicted octanol–water partition coefficient (Wildman–Crippen LogP) is 3.64. The van der Waals surface area contributed by atoms with Gasteiger partial charge < -0.3 is 4.90 Å². The Morgan fingerprint density at radius 2 is 1.57 bits per heavy atom. The Morgan fingerprint density at radius 1 is 0.865 bits per heavy atom. The van der Waals surface area contributed by atoms with Crippen LogP contribution in [-0.2, 0) is 10.0 Å². The van der Waals surface area contributed by atoms with Gasteiger partial charge in [-0.05, 0) is 36.8 Å². The van der Waals surface area contributed by atoms with Crippen LogP contribution in [0.4, 0.5) is 5.95 Å². The number of benzene rings is 3. The molecule has 0 unspecified atom stereocenters. The van der Waals surface area contributed by atoms with Gasteiger partial charge in [-0.1, -0.05) is 48.5 Å².